The van der Waals surface area contributed by atoms with Gasteiger partial charge in [0.25, 0.3) is 0 Å². The molecule has 2 nitrogen and oxygen atoms in total. The van der Waals surface area contributed by atoms with E-state index in [1.165, 1.54) is 11.1 Å². The molecule has 1 aromatic carbocycles. The van der Waals surface area contributed by atoms with E-state index in [-0.39, 0.29) is 5.41 Å². The first kappa shape index (κ1) is 9.10. The lowest BCUT2D eigenvalue weighted by molar-refractivity contribution is 0.0730. The van der Waals surface area contributed by atoms with E-state index in [0.29, 0.717) is 0 Å². The standard InChI is InChI=1S/C13H15NO/c1-10-2-3-12-11(8-10)13(9-14-12)4-6-15-7-5-13/h2-3,8-9H,4-7H2,1H3. The summed E-state index contributed by atoms with van der Waals surface area (Å²) in [6, 6.07) is 6.55. The summed E-state index contributed by atoms with van der Waals surface area (Å²) in [6.45, 7) is 3.87. The first-order valence-corrected chi connectivity index (χ1v) is 5.54. The van der Waals surface area contributed by atoms with Crippen LogP contribution in [-0.4, -0.2) is 19.4 Å². The van der Waals surface area contributed by atoms with E-state index >= 15 is 0 Å². The number of ether oxygens (including phenoxy) is 1. The molecule has 15 heavy (non-hydrogen) atoms. The van der Waals surface area contributed by atoms with Crippen molar-refractivity contribution in [3.05, 3.63) is 29.3 Å². The van der Waals surface area contributed by atoms with Crippen molar-refractivity contribution >= 4 is 11.9 Å². The van der Waals surface area contributed by atoms with Gasteiger partial charge in [0.15, 0.2) is 0 Å². The summed E-state index contributed by atoms with van der Waals surface area (Å²) < 4.78 is 5.44. The van der Waals surface area contributed by atoms with E-state index in [4.69, 9.17) is 4.74 Å². The molecule has 0 saturated carbocycles. The number of aliphatic imine (C=N–C) groups is 1. The highest BCUT2D eigenvalue weighted by Gasteiger charge is 2.37. The molecule has 0 amide bonds. The second-order valence-corrected chi connectivity index (χ2v) is 4.55. The van der Waals surface area contributed by atoms with Crippen molar-refractivity contribution in [2.75, 3.05) is 13.2 Å². The van der Waals surface area contributed by atoms with Gasteiger partial charge >= 0.3 is 0 Å². The Bertz CT molecular complexity index is 417. The number of aryl methyl sites for hydroxylation is 1. The van der Waals surface area contributed by atoms with Crippen LogP contribution in [0, 0.1) is 6.92 Å². The molecule has 2 aliphatic rings. The van der Waals surface area contributed by atoms with E-state index in [2.05, 4.69) is 36.3 Å². The number of benzene rings is 1. The van der Waals surface area contributed by atoms with Crippen LogP contribution in [0.15, 0.2) is 23.2 Å². The lowest BCUT2D eigenvalue weighted by Crippen LogP contribution is -2.33. The molecule has 3 rings (SSSR count). The largest absolute Gasteiger partial charge is 0.381 e. The molecule has 0 bridgehead atoms. The molecule has 0 unspecified atom stereocenters. The Hall–Kier alpha value is -1.15. The Morgan fingerprint density at radius 3 is 2.87 bits per heavy atom. The summed E-state index contributed by atoms with van der Waals surface area (Å²) in [5.41, 5.74) is 4.07. The average Bonchev–Trinajstić information content (AvgIpc) is 2.59. The van der Waals surface area contributed by atoms with Gasteiger partial charge < -0.3 is 4.74 Å². The van der Waals surface area contributed by atoms with Crippen molar-refractivity contribution in [3.63, 3.8) is 0 Å². The Labute approximate surface area is 90.0 Å². The maximum absolute atomic E-state index is 5.44. The lowest BCUT2D eigenvalue weighted by Gasteiger charge is -2.31. The molecule has 2 heterocycles. The van der Waals surface area contributed by atoms with Gasteiger partial charge in [0.1, 0.15) is 0 Å². The number of rotatable bonds is 0. The van der Waals surface area contributed by atoms with Gasteiger partial charge in [-0.15, -0.1) is 0 Å². The molecule has 1 spiro atoms. The van der Waals surface area contributed by atoms with Crippen molar-refractivity contribution < 1.29 is 4.74 Å². The summed E-state index contributed by atoms with van der Waals surface area (Å²) >= 11 is 0. The molecule has 1 fully saturated rings. The van der Waals surface area contributed by atoms with Crippen molar-refractivity contribution in [2.45, 2.75) is 25.2 Å². The minimum Gasteiger partial charge on any atom is -0.381 e. The third-order valence-corrected chi connectivity index (χ3v) is 3.52. The highest BCUT2D eigenvalue weighted by molar-refractivity contribution is 5.85. The van der Waals surface area contributed by atoms with Crippen LogP contribution in [0.3, 0.4) is 0 Å². The van der Waals surface area contributed by atoms with Crippen molar-refractivity contribution in [3.8, 4) is 0 Å². The molecule has 0 atom stereocenters. The zero-order valence-corrected chi connectivity index (χ0v) is 8.99. The van der Waals surface area contributed by atoms with Gasteiger partial charge in [0.05, 0.1) is 5.69 Å². The molecule has 2 aliphatic heterocycles. The van der Waals surface area contributed by atoms with Crippen LogP contribution in [0.5, 0.6) is 0 Å². The van der Waals surface area contributed by atoms with Crippen LogP contribution in [0.4, 0.5) is 5.69 Å². The van der Waals surface area contributed by atoms with Crippen LogP contribution in [-0.2, 0) is 10.2 Å². The lowest BCUT2D eigenvalue weighted by atomic mass is 9.76. The first-order valence-electron chi connectivity index (χ1n) is 5.54. The Kier molecular flexibility index (Phi) is 1.93. The molecule has 1 saturated heterocycles. The minimum atomic E-state index is 0.180. The number of fused-ring (bicyclic) bond motifs is 2. The van der Waals surface area contributed by atoms with Crippen LogP contribution in [0.1, 0.15) is 24.0 Å². The normalized spacial score (nSPS) is 21.9. The number of hydrogen-bond donors (Lipinski definition) is 0. The predicted molar refractivity (Wildman–Crippen MR) is 61.1 cm³/mol. The zero-order valence-electron chi connectivity index (χ0n) is 8.99. The van der Waals surface area contributed by atoms with Gasteiger partial charge in [-0.2, -0.15) is 0 Å². The highest BCUT2D eigenvalue weighted by atomic mass is 16.5. The van der Waals surface area contributed by atoms with E-state index in [1.54, 1.807) is 0 Å². The molecule has 0 N–H and O–H groups in total. The van der Waals surface area contributed by atoms with Crippen LogP contribution < -0.4 is 0 Å². The van der Waals surface area contributed by atoms with Gasteiger partial charge in [-0.3, -0.25) is 4.99 Å². The van der Waals surface area contributed by atoms with Gasteiger partial charge in [-0.25, -0.2) is 0 Å². The van der Waals surface area contributed by atoms with Crippen LogP contribution in [0.2, 0.25) is 0 Å². The Morgan fingerprint density at radius 1 is 1.27 bits per heavy atom. The van der Waals surface area contributed by atoms with Gasteiger partial charge in [0, 0.05) is 24.8 Å². The van der Waals surface area contributed by atoms with Crippen molar-refractivity contribution in [2.24, 2.45) is 4.99 Å². The molecule has 0 aromatic heterocycles. The highest BCUT2D eigenvalue weighted by Crippen LogP contribution is 2.43. The molecule has 0 aliphatic carbocycles. The predicted octanol–water partition coefficient (Wildman–Crippen LogP) is 2.76. The maximum Gasteiger partial charge on any atom is 0.0667 e. The fraction of sp³-hybridized carbons (Fsp3) is 0.462. The van der Waals surface area contributed by atoms with Crippen molar-refractivity contribution in [1.29, 1.82) is 0 Å². The minimum absolute atomic E-state index is 0.180. The average molecular weight is 201 g/mol. The second kappa shape index (κ2) is 3.17. The number of hydrogen-bond acceptors (Lipinski definition) is 2. The summed E-state index contributed by atoms with van der Waals surface area (Å²) in [5, 5.41) is 0. The molecule has 1 aromatic rings. The molecular weight excluding hydrogens is 186 g/mol. The van der Waals surface area contributed by atoms with Gasteiger partial charge in [-0.05, 0) is 31.4 Å². The quantitative estimate of drug-likeness (QED) is 0.632. The summed E-state index contributed by atoms with van der Waals surface area (Å²) in [5.74, 6) is 0. The zero-order chi connectivity index (χ0) is 10.3. The van der Waals surface area contributed by atoms with Gasteiger partial charge in [0.2, 0.25) is 0 Å². The van der Waals surface area contributed by atoms with Crippen molar-refractivity contribution in [1.82, 2.24) is 0 Å². The van der Waals surface area contributed by atoms with E-state index in [1.807, 2.05) is 0 Å². The monoisotopic (exact) mass is 201 g/mol. The summed E-state index contributed by atoms with van der Waals surface area (Å²) in [6.07, 6.45) is 4.29. The van der Waals surface area contributed by atoms with Gasteiger partial charge in [-0.1, -0.05) is 17.7 Å². The fourth-order valence-corrected chi connectivity index (χ4v) is 2.56. The topological polar surface area (TPSA) is 21.6 Å². The van der Waals surface area contributed by atoms with E-state index in [0.717, 1.165) is 31.7 Å². The first-order chi connectivity index (χ1) is 7.30. The third-order valence-electron chi connectivity index (χ3n) is 3.52. The summed E-state index contributed by atoms with van der Waals surface area (Å²) in [4.78, 5) is 4.54. The van der Waals surface area contributed by atoms with Crippen LogP contribution in [0.25, 0.3) is 0 Å². The van der Waals surface area contributed by atoms with Crippen LogP contribution >= 0.6 is 0 Å². The second-order valence-electron chi connectivity index (χ2n) is 4.55. The molecule has 0 radical (unpaired) electrons. The smallest absolute Gasteiger partial charge is 0.0667 e. The molecular formula is C13H15NO. The van der Waals surface area contributed by atoms with E-state index in [9.17, 15) is 0 Å². The molecule has 2 heteroatoms. The fourth-order valence-electron chi connectivity index (χ4n) is 2.56. The third kappa shape index (κ3) is 1.32. The SMILES string of the molecule is Cc1ccc2c(c1)C1(C=N2)CCOCC1. The summed E-state index contributed by atoms with van der Waals surface area (Å²) in [7, 11) is 0. The van der Waals surface area contributed by atoms with E-state index < -0.39 is 0 Å². The Morgan fingerprint density at radius 2 is 2.07 bits per heavy atom. The molecule has 78 valence electrons. The Balaban J connectivity index is 2.09. The number of nitrogens with zero attached hydrogens (tertiary/aromatic N) is 1. The maximum atomic E-state index is 5.44.